The first-order chi connectivity index (χ1) is 15.6. The Balaban J connectivity index is 2.07. The van der Waals surface area contributed by atoms with Crippen LogP contribution in [0.2, 0.25) is 0 Å². The molecule has 0 saturated heterocycles. The smallest absolute Gasteiger partial charge is 0.416 e. The zero-order valence-electron chi connectivity index (χ0n) is 17.9. The lowest BCUT2D eigenvalue weighted by Crippen LogP contribution is -2.24. The van der Waals surface area contributed by atoms with E-state index >= 15 is 0 Å². The molecule has 0 bridgehead atoms. The molecule has 0 spiro atoms. The van der Waals surface area contributed by atoms with Gasteiger partial charge in [0.25, 0.3) is 0 Å². The monoisotopic (exact) mass is 502 g/mol. The molecule has 0 amide bonds. The lowest BCUT2D eigenvalue weighted by molar-refractivity contribution is -0.158. The topological polar surface area (TPSA) is 80.8 Å². The molecule has 3 aromatic rings. The number of carbonyl (C=O) groups is 1. The van der Waals surface area contributed by atoms with Crippen molar-refractivity contribution in [1.82, 2.24) is 15.0 Å². The number of nitriles is 1. The molecule has 34 heavy (non-hydrogen) atoms. The molecule has 180 valence electrons. The first kappa shape index (κ1) is 25.2. The minimum Gasteiger partial charge on any atom is -0.440 e. The van der Waals surface area contributed by atoms with Crippen LogP contribution in [0.3, 0.4) is 0 Å². The third-order valence-electron chi connectivity index (χ3n) is 4.46. The number of nitrogens with zero attached hydrogens (tertiary/aromatic N) is 4. The van der Waals surface area contributed by atoms with Crippen molar-refractivity contribution in [3.8, 4) is 27.8 Å². The first-order valence-corrected chi connectivity index (χ1v) is 10.4. The molecule has 1 aromatic carbocycles. The lowest BCUT2D eigenvalue weighted by atomic mass is 9.98. The summed E-state index contributed by atoms with van der Waals surface area (Å²) in [5.41, 5.74) is -4.38. The standard InChI is InChI=1S/C21H16F6N4O2S/c1-19(2,3)18(32)33-10-31-29-15(9-28)16(30-31)17-14(4-5-34-17)11-6-12(20(22,23)24)8-13(7-11)21(25,26)27/h4-8H,10H2,1-3H3. The van der Waals surface area contributed by atoms with Crippen molar-refractivity contribution in [3.05, 3.63) is 46.5 Å². The average molecular weight is 502 g/mol. The van der Waals surface area contributed by atoms with E-state index in [1.54, 1.807) is 26.8 Å². The van der Waals surface area contributed by atoms with E-state index in [9.17, 15) is 36.4 Å². The molecule has 0 aliphatic rings. The van der Waals surface area contributed by atoms with Crippen molar-refractivity contribution in [1.29, 1.82) is 5.26 Å². The number of benzene rings is 1. The van der Waals surface area contributed by atoms with Crippen LogP contribution in [-0.4, -0.2) is 21.0 Å². The minimum absolute atomic E-state index is 0.0110. The quantitative estimate of drug-likeness (QED) is 0.317. The maximum atomic E-state index is 13.3. The number of ether oxygens (including phenoxy) is 1. The highest BCUT2D eigenvalue weighted by molar-refractivity contribution is 7.14. The number of esters is 1. The van der Waals surface area contributed by atoms with Crippen LogP contribution in [0.1, 0.15) is 37.6 Å². The third kappa shape index (κ3) is 5.39. The summed E-state index contributed by atoms with van der Waals surface area (Å²) in [5, 5.41) is 18.9. The van der Waals surface area contributed by atoms with E-state index in [1.807, 2.05) is 0 Å². The summed E-state index contributed by atoms with van der Waals surface area (Å²) in [4.78, 5) is 13.0. The van der Waals surface area contributed by atoms with Gasteiger partial charge in [0, 0.05) is 5.56 Å². The van der Waals surface area contributed by atoms with Crippen LogP contribution in [0.5, 0.6) is 0 Å². The number of rotatable bonds is 4. The van der Waals surface area contributed by atoms with Gasteiger partial charge in [-0.2, -0.15) is 31.6 Å². The summed E-state index contributed by atoms with van der Waals surface area (Å²) in [5.74, 6) is -0.565. The molecule has 0 aliphatic heterocycles. The van der Waals surface area contributed by atoms with E-state index < -0.39 is 41.6 Å². The molecule has 2 aromatic heterocycles. The molecule has 0 atom stereocenters. The van der Waals surface area contributed by atoms with Gasteiger partial charge in [-0.05, 0) is 56.0 Å². The summed E-state index contributed by atoms with van der Waals surface area (Å²) >= 11 is 0.959. The van der Waals surface area contributed by atoms with Crippen molar-refractivity contribution in [2.45, 2.75) is 39.9 Å². The molecule has 0 saturated carbocycles. The average Bonchev–Trinajstić information content (AvgIpc) is 3.36. The van der Waals surface area contributed by atoms with E-state index in [1.165, 1.54) is 11.4 Å². The summed E-state index contributed by atoms with van der Waals surface area (Å²) in [6.07, 6.45) is -10.0. The molecule has 0 radical (unpaired) electrons. The van der Waals surface area contributed by atoms with Gasteiger partial charge in [-0.15, -0.1) is 26.3 Å². The van der Waals surface area contributed by atoms with Gasteiger partial charge in [-0.25, -0.2) is 0 Å². The largest absolute Gasteiger partial charge is 0.440 e. The first-order valence-electron chi connectivity index (χ1n) is 9.51. The molecular formula is C21H16F6N4O2S. The highest BCUT2D eigenvalue weighted by Gasteiger charge is 2.37. The molecule has 0 unspecified atom stereocenters. The van der Waals surface area contributed by atoms with Crippen molar-refractivity contribution < 1.29 is 35.9 Å². The molecule has 2 heterocycles. The van der Waals surface area contributed by atoms with Gasteiger partial charge in [0.2, 0.25) is 6.73 Å². The number of halogens is 6. The Kier molecular flexibility index (Phi) is 6.49. The Morgan fingerprint density at radius 1 is 1.06 bits per heavy atom. The number of hydrogen-bond donors (Lipinski definition) is 0. The molecule has 0 aliphatic carbocycles. The summed E-state index contributed by atoms with van der Waals surface area (Å²) in [7, 11) is 0. The van der Waals surface area contributed by atoms with Crippen LogP contribution in [0.25, 0.3) is 21.7 Å². The molecule has 13 heteroatoms. The zero-order chi connectivity index (χ0) is 25.5. The van der Waals surface area contributed by atoms with Crippen molar-refractivity contribution in [2.24, 2.45) is 5.41 Å². The zero-order valence-corrected chi connectivity index (χ0v) is 18.7. The third-order valence-corrected chi connectivity index (χ3v) is 5.38. The highest BCUT2D eigenvalue weighted by Crippen LogP contribution is 2.42. The number of alkyl halides is 6. The van der Waals surface area contributed by atoms with Gasteiger partial charge < -0.3 is 4.74 Å². The fourth-order valence-electron chi connectivity index (χ4n) is 2.80. The van der Waals surface area contributed by atoms with Crippen LogP contribution in [0, 0.1) is 16.7 Å². The Morgan fingerprint density at radius 3 is 2.15 bits per heavy atom. The van der Waals surface area contributed by atoms with Gasteiger partial charge in [0.05, 0.1) is 21.4 Å². The molecule has 0 fully saturated rings. The van der Waals surface area contributed by atoms with Gasteiger partial charge in [-0.3, -0.25) is 4.79 Å². The van der Waals surface area contributed by atoms with Crippen molar-refractivity contribution >= 4 is 17.3 Å². The van der Waals surface area contributed by atoms with Crippen LogP contribution in [-0.2, 0) is 28.6 Å². The molecular weight excluding hydrogens is 486 g/mol. The van der Waals surface area contributed by atoms with Gasteiger partial charge in [0.15, 0.2) is 5.69 Å². The highest BCUT2D eigenvalue weighted by atomic mass is 32.1. The second-order valence-electron chi connectivity index (χ2n) is 8.15. The maximum Gasteiger partial charge on any atom is 0.416 e. The fraction of sp³-hybridized carbons (Fsp3) is 0.333. The number of carbonyl (C=O) groups excluding carboxylic acids is 1. The Hall–Kier alpha value is -3.40. The maximum absolute atomic E-state index is 13.3. The van der Waals surface area contributed by atoms with Crippen molar-refractivity contribution in [2.75, 3.05) is 0 Å². The summed E-state index contributed by atoms with van der Waals surface area (Å²) < 4.78 is 84.8. The Labute approximate surface area is 193 Å². The second-order valence-corrected chi connectivity index (χ2v) is 9.07. The minimum atomic E-state index is -5.01. The summed E-state index contributed by atoms with van der Waals surface area (Å²) in [6.45, 7) is 4.44. The lowest BCUT2D eigenvalue weighted by Gasteiger charge is -2.15. The van der Waals surface area contributed by atoms with E-state index in [0.29, 0.717) is 12.1 Å². The number of aromatic nitrogens is 3. The summed E-state index contributed by atoms with van der Waals surface area (Å²) in [6, 6.07) is 4.35. The van der Waals surface area contributed by atoms with E-state index in [2.05, 4.69) is 10.2 Å². The predicted octanol–water partition coefficient (Wildman–Crippen LogP) is 6.13. The second kappa shape index (κ2) is 8.75. The van der Waals surface area contributed by atoms with Gasteiger partial charge >= 0.3 is 18.3 Å². The number of thiophene rings is 1. The molecule has 3 rings (SSSR count). The van der Waals surface area contributed by atoms with Crippen LogP contribution < -0.4 is 0 Å². The van der Waals surface area contributed by atoms with E-state index in [-0.39, 0.29) is 33.5 Å². The van der Waals surface area contributed by atoms with Crippen molar-refractivity contribution in [3.63, 3.8) is 0 Å². The predicted molar refractivity (Wildman–Crippen MR) is 109 cm³/mol. The molecule has 6 nitrogen and oxygen atoms in total. The normalized spacial score (nSPS) is 12.5. The van der Waals surface area contributed by atoms with E-state index in [4.69, 9.17) is 4.74 Å². The Bertz CT molecular complexity index is 1230. The SMILES string of the molecule is CC(C)(C)C(=O)OCn1nc(C#N)c(-c2sccc2-c2cc(C(F)(F)F)cc(C(F)(F)F)c2)n1. The number of hydrogen-bond acceptors (Lipinski definition) is 6. The fourth-order valence-corrected chi connectivity index (χ4v) is 3.70. The van der Waals surface area contributed by atoms with Crippen LogP contribution >= 0.6 is 11.3 Å². The Morgan fingerprint density at radius 2 is 1.65 bits per heavy atom. The van der Waals surface area contributed by atoms with Crippen LogP contribution in [0.15, 0.2) is 29.6 Å². The van der Waals surface area contributed by atoms with Gasteiger partial charge in [0.1, 0.15) is 11.8 Å². The molecule has 0 N–H and O–H groups in total. The van der Waals surface area contributed by atoms with Gasteiger partial charge in [-0.1, -0.05) is 0 Å². The van der Waals surface area contributed by atoms with E-state index in [0.717, 1.165) is 16.1 Å². The van der Waals surface area contributed by atoms with Crippen LogP contribution in [0.4, 0.5) is 26.3 Å².